The van der Waals surface area contributed by atoms with Crippen molar-refractivity contribution >= 4 is 23.2 Å². The normalized spacial score (nSPS) is 10.3. The van der Waals surface area contributed by atoms with Gasteiger partial charge < -0.3 is 4.74 Å². The van der Waals surface area contributed by atoms with Gasteiger partial charge in [-0.25, -0.2) is 4.39 Å². The van der Waals surface area contributed by atoms with Gasteiger partial charge in [-0.15, -0.1) is 0 Å². The highest BCUT2D eigenvalue weighted by Crippen LogP contribution is 2.21. The molecule has 0 N–H and O–H groups in total. The average Bonchev–Trinajstić information content (AvgIpc) is 2.32. The van der Waals surface area contributed by atoms with Crippen molar-refractivity contribution in [1.82, 2.24) is 0 Å². The lowest BCUT2D eigenvalue weighted by Crippen LogP contribution is -1.96. The molecule has 0 bridgehead atoms. The van der Waals surface area contributed by atoms with Crippen LogP contribution >= 0.6 is 23.2 Å². The average molecular weight is 271 g/mol. The minimum Gasteiger partial charge on any atom is -0.489 e. The van der Waals surface area contributed by atoms with Gasteiger partial charge in [0, 0.05) is 15.6 Å². The molecule has 0 aliphatic rings. The summed E-state index contributed by atoms with van der Waals surface area (Å²) in [6.07, 6.45) is 0. The molecule has 17 heavy (non-hydrogen) atoms. The maximum Gasteiger partial charge on any atom is 0.123 e. The molecule has 0 saturated heterocycles. The summed E-state index contributed by atoms with van der Waals surface area (Å²) in [7, 11) is 0. The molecule has 0 unspecified atom stereocenters. The molecular weight excluding hydrogens is 262 g/mol. The number of hydrogen-bond donors (Lipinski definition) is 0. The Kier molecular flexibility index (Phi) is 3.87. The van der Waals surface area contributed by atoms with Gasteiger partial charge in [0.1, 0.15) is 18.2 Å². The van der Waals surface area contributed by atoms with E-state index >= 15 is 0 Å². The van der Waals surface area contributed by atoms with Crippen LogP contribution in [0.5, 0.6) is 5.75 Å². The van der Waals surface area contributed by atoms with E-state index in [2.05, 4.69) is 0 Å². The second kappa shape index (κ2) is 5.39. The number of halogens is 3. The molecule has 88 valence electrons. The zero-order valence-electron chi connectivity index (χ0n) is 8.79. The number of rotatable bonds is 3. The zero-order valence-corrected chi connectivity index (χ0v) is 10.3. The van der Waals surface area contributed by atoms with Crippen LogP contribution in [-0.2, 0) is 6.61 Å². The molecule has 0 heterocycles. The molecule has 0 aromatic heterocycles. The highest BCUT2D eigenvalue weighted by atomic mass is 35.5. The summed E-state index contributed by atoms with van der Waals surface area (Å²) in [5.41, 5.74) is 0.613. The van der Waals surface area contributed by atoms with Crippen LogP contribution < -0.4 is 4.74 Å². The first-order valence-electron chi connectivity index (χ1n) is 4.97. The Balaban J connectivity index is 2.07. The number of hydrogen-bond acceptors (Lipinski definition) is 1. The van der Waals surface area contributed by atoms with Gasteiger partial charge in [-0.05, 0) is 42.5 Å². The van der Waals surface area contributed by atoms with E-state index in [1.54, 1.807) is 24.3 Å². The van der Waals surface area contributed by atoms with Crippen LogP contribution in [0.4, 0.5) is 4.39 Å². The molecular formula is C13H9Cl2FO. The topological polar surface area (TPSA) is 9.23 Å². The van der Waals surface area contributed by atoms with Gasteiger partial charge in [0.15, 0.2) is 0 Å². The van der Waals surface area contributed by atoms with Crippen molar-refractivity contribution in [2.45, 2.75) is 6.61 Å². The van der Waals surface area contributed by atoms with E-state index in [-0.39, 0.29) is 12.4 Å². The first-order chi connectivity index (χ1) is 8.15. The van der Waals surface area contributed by atoms with Gasteiger partial charge in [0.05, 0.1) is 0 Å². The Labute approximate surface area is 109 Å². The smallest absolute Gasteiger partial charge is 0.123 e. The quantitative estimate of drug-likeness (QED) is 0.785. The fourth-order valence-corrected chi connectivity index (χ4v) is 1.64. The lowest BCUT2D eigenvalue weighted by atomic mass is 10.2. The van der Waals surface area contributed by atoms with Gasteiger partial charge in [-0.2, -0.15) is 0 Å². The van der Waals surface area contributed by atoms with Gasteiger partial charge in [0.2, 0.25) is 0 Å². The Morgan fingerprint density at radius 1 is 1.00 bits per heavy atom. The van der Waals surface area contributed by atoms with Crippen LogP contribution in [0, 0.1) is 5.82 Å². The number of ether oxygens (including phenoxy) is 1. The second-order valence-corrected chi connectivity index (χ2v) is 4.32. The van der Waals surface area contributed by atoms with Crippen molar-refractivity contribution in [2.75, 3.05) is 0 Å². The van der Waals surface area contributed by atoms with Gasteiger partial charge >= 0.3 is 0 Å². The van der Waals surface area contributed by atoms with Crippen molar-refractivity contribution < 1.29 is 9.13 Å². The molecule has 0 fully saturated rings. The maximum absolute atomic E-state index is 13.0. The molecule has 4 heteroatoms. The van der Waals surface area contributed by atoms with Crippen LogP contribution in [0.2, 0.25) is 10.0 Å². The fourth-order valence-electron chi connectivity index (χ4n) is 1.35. The predicted molar refractivity (Wildman–Crippen MR) is 67.2 cm³/mol. The minimum absolute atomic E-state index is 0.220. The summed E-state index contributed by atoms with van der Waals surface area (Å²) in [5.74, 6) is 0.332. The zero-order chi connectivity index (χ0) is 12.3. The molecule has 0 atom stereocenters. The first-order valence-corrected chi connectivity index (χ1v) is 5.73. The minimum atomic E-state index is -0.330. The summed E-state index contributed by atoms with van der Waals surface area (Å²) < 4.78 is 18.5. The molecule has 0 aliphatic heterocycles. The summed E-state index contributed by atoms with van der Waals surface area (Å²) in [6, 6.07) is 11.1. The van der Waals surface area contributed by atoms with Crippen LogP contribution in [0.1, 0.15) is 5.56 Å². The van der Waals surface area contributed by atoms with Crippen LogP contribution in [0.25, 0.3) is 0 Å². The Bertz CT molecular complexity index is 511. The van der Waals surface area contributed by atoms with Crippen LogP contribution in [-0.4, -0.2) is 0 Å². The highest BCUT2D eigenvalue weighted by molar-refractivity contribution is 6.31. The van der Waals surface area contributed by atoms with Crippen molar-refractivity contribution in [3.8, 4) is 5.75 Å². The van der Waals surface area contributed by atoms with E-state index in [0.717, 1.165) is 0 Å². The molecule has 0 spiro atoms. The molecule has 0 radical (unpaired) electrons. The van der Waals surface area contributed by atoms with E-state index in [9.17, 15) is 4.39 Å². The van der Waals surface area contributed by atoms with E-state index < -0.39 is 0 Å². The SMILES string of the molecule is Fc1ccc(Cl)c(COc2ccc(Cl)cc2)c1. The molecule has 0 amide bonds. The summed E-state index contributed by atoms with van der Waals surface area (Å²) in [5, 5.41) is 1.13. The molecule has 0 aliphatic carbocycles. The van der Waals surface area contributed by atoms with Gasteiger partial charge in [-0.1, -0.05) is 23.2 Å². The van der Waals surface area contributed by atoms with Crippen molar-refractivity contribution in [3.05, 3.63) is 63.9 Å². The van der Waals surface area contributed by atoms with Crippen molar-refractivity contribution in [2.24, 2.45) is 0 Å². The molecule has 2 rings (SSSR count). The number of benzene rings is 2. The Morgan fingerprint density at radius 3 is 2.41 bits per heavy atom. The van der Waals surface area contributed by atoms with Crippen molar-refractivity contribution in [1.29, 1.82) is 0 Å². The van der Waals surface area contributed by atoms with E-state index in [1.165, 1.54) is 18.2 Å². The summed E-state index contributed by atoms with van der Waals surface area (Å²) >= 11 is 11.7. The third-order valence-electron chi connectivity index (χ3n) is 2.22. The molecule has 2 aromatic rings. The van der Waals surface area contributed by atoms with Crippen LogP contribution in [0.15, 0.2) is 42.5 Å². The monoisotopic (exact) mass is 270 g/mol. The highest BCUT2D eigenvalue weighted by Gasteiger charge is 2.03. The van der Waals surface area contributed by atoms with Crippen LogP contribution in [0.3, 0.4) is 0 Å². The maximum atomic E-state index is 13.0. The molecule has 1 nitrogen and oxygen atoms in total. The van der Waals surface area contributed by atoms with E-state index in [1.807, 2.05) is 0 Å². The van der Waals surface area contributed by atoms with E-state index in [4.69, 9.17) is 27.9 Å². The second-order valence-electron chi connectivity index (χ2n) is 3.48. The fraction of sp³-hybridized carbons (Fsp3) is 0.0769. The van der Waals surface area contributed by atoms with E-state index in [0.29, 0.717) is 21.4 Å². The summed E-state index contributed by atoms with van der Waals surface area (Å²) in [4.78, 5) is 0. The standard InChI is InChI=1S/C13H9Cl2FO/c14-10-1-4-12(5-2-10)17-8-9-7-11(16)3-6-13(9)15/h1-7H,8H2. The lowest BCUT2D eigenvalue weighted by molar-refractivity contribution is 0.305. The third kappa shape index (κ3) is 3.35. The largest absolute Gasteiger partial charge is 0.489 e. The predicted octanol–water partition coefficient (Wildman–Crippen LogP) is 4.71. The molecule has 2 aromatic carbocycles. The van der Waals surface area contributed by atoms with Gasteiger partial charge in [0.25, 0.3) is 0 Å². The molecule has 0 saturated carbocycles. The summed E-state index contributed by atoms with van der Waals surface area (Å²) in [6.45, 7) is 0.220. The van der Waals surface area contributed by atoms with Crippen molar-refractivity contribution in [3.63, 3.8) is 0 Å². The first kappa shape index (κ1) is 12.2. The Morgan fingerprint density at radius 2 is 1.71 bits per heavy atom. The third-order valence-corrected chi connectivity index (χ3v) is 2.84. The lowest BCUT2D eigenvalue weighted by Gasteiger charge is -2.07. The van der Waals surface area contributed by atoms with Gasteiger partial charge in [-0.3, -0.25) is 0 Å². The Hall–Kier alpha value is -1.25.